The number of aryl methyl sites for hydroxylation is 7. The number of fused-ring (bicyclic) bond motifs is 8. The van der Waals surface area contributed by atoms with E-state index in [4.69, 9.17) is 9.97 Å². The second-order valence-corrected chi connectivity index (χ2v) is 12.4. The number of nitrogens with one attached hydrogen (secondary N) is 3. The van der Waals surface area contributed by atoms with Gasteiger partial charge in [0, 0.05) is 28.2 Å². The first-order valence-corrected chi connectivity index (χ1v) is 14.3. The second kappa shape index (κ2) is 8.35. The lowest BCUT2D eigenvalue weighted by Gasteiger charge is -2.35. The highest BCUT2D eigenvalue weighted by Crippen LogP contribution is 2.53. The molecule has 208 valence electrons. The Morgan fingerprint density at radius 1 is 0.625 bits per heavy atom. The molecule has 2 atom stereocenters. The number of aromatic nitrogens is 4. The van der Waals surface area contributed by atoms with E-state index >= 15 is 0 Å². The van der Waals surface area contributed by atoms with Crippen molar-refractivity contribution in [3.8, 4) is 0 Å². The molecule has 3 aliphatic heterocycles. The fourth-order valence-electron chi connectivity index (χ4n) is 7.21. The molecule has 3 aromatic rings. The minimum atomic E-state index is -0.643. The lowest BCUT2D eigenvalue weighted by atomic mass is 9.71. The Balaban J connectivity index is 1.94. The summed E-state index contributed by atoms with van der Waals surface area (Å²) in [5.41, 5.74) is 20.0. The van der Waals surface area contributed by atoms with Gasteiger partial charge in [0.1, 0.15) is 5.76 Å². The largest absolute Gasteiger partial charge is 0.509 e. The third-order valence-electron chi connectivity index (χ3n) is 10.5. The van der Waals surface area contributed by atoms with Crippen molar-refractivity contribution in [3.05, 3.63) is 73.2 Å². The summed E-state index contributed by atoms with van der Waals surface area (Å²) >= 11 is 0. The van der Waals surface area contributed by atoms with Gasteiger partial charge >= 0.3 is 0 Å². The second-order valence-electron chi connectivity index (χ2n) is 12.4. The number of nitrogens with zero attached hydrogens (tertiary/aromatic N) is 2. The van der Waals surface area contributed by atoms with Gasteiger partial charge in [0.2, 0.25) is 0 Å². The summed E-state index contributed by atoms with van der Waals surface area (Å²) in [6, 6.07) is 0. The fourth-order valence-corrected chi connectivity index (χ4v) is 7.21. The molecular formula is C34H41N5O. The van der Waals surface area contributed by atoms with Crippen LogP contribution >= 0.6 is 0 Å². The van der Waals surface area contributed by atoms with E-state index in [1.807, 2.05) is 6.92 Å². The first-order chi connectivity index (χ1) is 18.7. The SMILES string of the molecule is CC1=C(O)C2(C)c3nc(c(C)c4[nH]c(c(C)c5nc(c(C)c6[nH]c(c(C)c6C)c3N1)C(C)=C5C)c(C)c4C)C2C. The van der Waals surface area contributed by atoms with Crippen LogP contribution in [0.1, 0.15) is 102 Å². The van der Waals surface area contributed by atoms with E-state index in [1.165, 1.54) is 33.4 Å². The molecular weight excluding hydrogens is 494 g/mol. The van der Waals surface area contributed by atoms with Crippen LogP contribution in [-0.4, -0.2) is 25.0 Å². The minimum Gasteiger partial charge on any atom is -0.509 e. The molecule has 8 bridgehead atoms. The maximum atomic E-state index is 11.5. The monoisotopic (exact) mass is 535 g/mol. The Kier molecular flexibility index (Phi) is 5.52. The Hall–Kier alpha value is -3.80. The molecule has 0 aliphatic carbocycles. The summed E-state index contributed by atoms with van der Waals surface area (Å²) in [7, 11) is 0. The molecule has 3 aliphatic rings. The molecule has 0 fully saturated rings. The van der Waals surface area contributed by atoms with E-state index in [1.54, 1.807) is 0 Å². The van der Waals surface area contributed by atoms with Crippen molar-refractivity contribution < 1.29 is 5.11 Å². The molecule has 6 heterocycles. The van der Waals surface area contributed by atoms with Crippen LogP contribution in [-0.2, 0) is 5.41 Å². The molecule has 0 aromatic carbocycles. The molecule has 6 nitrogen and oxygen atoms in total. The standard InChI is InChI=1S/C34H41N5O/c1-13-14(2)26-20(8)27-17(5)18(6)30(38-27)31-32-34(12,33(40)23(11)35-31)22(10)29(39-32)21(9)28-16(4)15(3)25(37-28)19(7)24(13)36-26/h22,35,37-38,40H,1-12H3. The zero-order valence-corrected chi connectivity index (χ0v) is 25.9. The molecule has 4 N–H and O–H groups in total. The first kappa shape index (κ1) is 26.4. The third-order valence-corrected chi connectivity index (χ3v) is 10.5. The predicted octanol–water partition coefficient (Wildman–Crippen LogP) is 8.70. The molecule has 0 saturated carbocycles. The van der Waals surface area contributed by atoms with Gasteiger partial charge in [-0.1, -0.05) is 6.92 Å². The number of H-pyrrole nitrogens is 2. The fraction of sp³-hybridized carbons (Fsp3) is 0.412. The number of hydrogen-bond acceptors (Lipinski definition) is 4. The van der Waals surface area contributed by atoms with Crippen LogP contribution in [0.3, 0.4) is 0 Å². The Bertz CT molecular complexity index is 1910. The van der Waals surface area contributed by atoms with Crippen molar-refractivity contribution in [2.45, 2.75) is 94.4 Å². The van der Waals surface area contributed by atoms with Gasteiger partial charge in [0.25, 0.3) is 0 Å². The maximum absolute atomic E-state index is 11.5. The summed E-state index contributed by atoms with van der Waals surface area (Å²) in [5.74, 6) is 0.338. The van der Waals surface area contributed by atoms with E-state index in [2.05, 4.69) is 91.4 Å². The smallest absolute Gasteiger partial charge is 0.124 e. The van der Waals surface area contributed by atoms with Crippen LogP contribution < -0.4 is 5.32 Å². The summed E-state index contributed by atoms with van der Waals surface area (Å²) in [6.07, 6.45) is 0. The average Bonchev–Trinajstić information content (AvgIpc) is 3.58. The topological polar surface area (TPSA) is 89.6 Å². The van der Waals surface area contributed by atoms with Gasteiger partial charge in [-0.15, -0.1) is 0 Å². The molecule has 2 unspecified atom stereocenters. The summed E-state index contributed by atoms with van der Waals surface area (Å²) in [4.78, 5) is 18.2. The van der Waals surface area contributed by atoms with E-state index < -0.39 is 5.41 Å². The van der Waals surface area contributed by atoms with Crippen LogP contribution in [0.15, 0.2) is 11.5 Å². The van der Waals surface area contributed by atoms with Crippen molar-refractivity contribution >= 4 is 38.9 Å². The minimum absolute atomic E-state index is 0.0188. The molecule has 0 radical (unpaired) electrons. The number of rotatable bonds is 0. The number of aliphatic hydroxyl groups excluding tert-OH is 1. The van der Waals surface area contributed by atoms with Crippen molar-refractivity contribution in [1.82, 2.24) is 19.9 Å². The first-order valence-electron chi connectivity index (χ1n) is 14.3. The van der Waals surface area contributed by atoms with Crippen LogP contribution in [0.25, 0.3) is 33.2 Å². The molecule has 6 rings (SSSR count). The molecule has 40 heavy (non-hydrogen) atoms. The number of hydrogen-bond donors (Lipinski definition) is 4. The molecule has 0 saturated heterocycles. The van der Waals surface area contributed by atoms with Gasteiger partial charge in [-0.3, -0.25) is 4.98 Å². The number of aromatic amines is 2. The van der Waals surface area contributed by atoms with Gasteiger partial charge in [0.05, 0.1) is 39.4 Å². The highest BCUT2D eigenvalue weighted by Gasteiger charge is 2.49. The van der Waals surface area contributed by atoms with Gasteiger partial charge in [0.15, 0.2) is 0 Å². The van der Waals surface area contributed by atoms with Crippen LogP contribution in [0, 0.1) is 48.5 Å². The van der Waals surface area contributed by atoms with E-state index in [0.29, 0.717) is 5.76 Å². The normalized spacial score (nSPS) is 20.4. The zero-order chi connectivity index (χ0) is 29.2. The van der Waals surface area contributed by atoms with Crippen molar-refractivity contribution in [1.29, 1.82) is 0 Å². The lowest BCUT2D eigenvalue weighted by molar-refractivity contribution is 0.278. The highest BCUT2D eigenvalue weighted by atomic mass is 16.3. The van der Waals surface area contributed by atoms with Gasteiger partial charge in [-0.05, 0) is 126 Å². The Labute approximate surface area is 236 Å². The van der Waals surface area contributed by atoms with Gasteiger partial charge < -0.3 is 20.4 Å². The Morgan fingerprint density at radius 2 is 1.07 bits per heavy atom. The number of anilines is 1. The van der Waals surface area contributed by atoms with E-state index in [0.717, 1.165) is 72.9 Å². The lowest BCUT2D eigenvalue weighted by Crippen LogP contribution is -2.33. The Morgan fingerprint density at radius 3 is 1.60 bits per heavy atom. The van der Waals surface area contributed by atoms with Crippen molar-refractivity contribution in [3.63, 3.8) is 0 Å². The quantitative estimate of drug-likeness (QED) is 0.232. The summed E-state index contributed by atoms with van der Waals surface area (Å²) < 4.78 is 0. The molecule has 3 aromatic heterocycles. The van der Waals surface area contributed by atoms with Gasteiger partial charge in [-0.25, -0.2) is 4.98 Å². The van der Waals surface area contributed by atoms with E-state index in [9.17, 15) is 5.11 Å². The van der Waals surface area contributed by atoms with Crippen molar-refractivity contribution in [2.24, 2.45) is 0 Å². The van der Waals surface area contributed by atoms with Crippen LogP contribution in [0.5, 0.6) is 0 Å². The summed E-state index contributed by atoms with van der Waals surface area (Å²) in [6.45, 7) is 25.9. The van der Waals surface area contributed by atoms with Crippen LogP contribution in [0.4, 0.5) is 5.69 Å². The molecule has 0 spiro atoms. The summed E-state index contributed by atoms with van der Waals surface area (Å²) in [5, 5.41) is 15.1. The zero-order valence-electron chi connectivity index (χ0n) is 25.9. The number of aliphatic hydroxyl groups is 1. The van der Waals surface area contributed by atoms with Gasteiger partial charge in [-0.2, -0.15) is 0 Å². The number of allylic oxidation sites excluding steroid dienone is 4. The highest BCUT2D eigenvalue weighted by molar-refractivity contribution is 5.95. The molecule has 6 heteroatoms. The van der Waals surface area contributed by atoms with E-state index in [-0.39, 0.29) is 5.92 Å². The van der Waals surface area contributed by atoms with Crippen LogP contribution in [0.2, 0.25) is 0 Å². The predicted molar refractivity (Wildman–Crippen MR) is 167 cm³/mol. The van der Waals surface area contributed by atoms with Crippen molar-refractivity contribution in [2.75, 3.05) is 5.32 Å². The molecule has 0 amide bonds. The third kappa shape index (κ3) is 3.10. The maximum Gasteiger partial charge on any atom is 0.124 e. The average molecular weight is 536 g/mol.